The number of fused-ring (bicyclic) bond motifs is 2. The average molecular weight is 434 g/mol. The first-order valence-electron chi connectivity index (χ1n) is 8.57. The quantitative estimate of drug-likeness (QED) is 0.528. The van der Waals surface area contributed by atoms with E-state index in [1.807, 2.05) is 12.1 Å². The molecule has 1 saturated heterocycles. The first-order chi connectivity index (χ1) is 13.6. The summed E-state index contributed by atoms with van der Waals surface area (Å²) in [6, 6.07) is 10.3. The molecular formula is C17H15N5O3S3. The first kappa shape index (κ1) is 17.7. The van der Waals surface area contributed by atoms with Gasteiger partial charge in [-0.1, -0.05) is 17.4 Å². The van der Waals surface area contributed by atoms with Crippen molar-refractivity contribution in [2.45, 2.75) is 4.90 Å². The number of thiazole rings is 1. The number of aromatic nitrogens is 3. The van der Waals surface area contributed by atoms with Crippen molar-refractivity contribution < 1.29 is 13.2 Å². The van der Waals surface area contributed by atoms with Crippen molar-refractivity contribution in [3.63, 3.8) is 0 Å². The summed E-state index contributed by atoms with van der Waals surface area (Å²) in [5, 5.41) is 0.927. The summed E-state index contributed by atoms with van der Waals surface area (Å²) in [6.45, 7) is 3.01. The van der Waals surface area contributed by atoms with E-state index in [9.17, 15) is 8.42 Å². The summed E-state index contributed by atoms with van der Waals surface area (Å²) in [5.41, 5.74) is 2.29. The Morgan fingerprint density at radius 1 is 1.07 bits per heavy atom. The average Bonchev–Trinajstić information content (AvgIpc) is 3.34. The van der Waals surface area contributed by atoms with Crippen molar-refractivity contribution in [1.82, 2.24) is 13.7 Å². The van der Waals surface area contributed by atoms with Gasteiger partial charge in [0.1, 0.15) is 15.9 Å². The van der Waals surface area contributed by atoms with Crippen molar-refractivity contribution in [2.75, 3.05) is 35.9 Å². The number of hydrogen-bond acceptors (Lipinski definition) is 9. The summed E-state index contributed by atoms with van der Waals surface area (Å²) in [7, 11) is -3.78. The van der Waals surface area contributed by atoms with Gasteiger partial charge < -0.3 is 9.64 Å². The number of hydrogen-bond donors (Lipinski definition) is 1. The molecule has 1 N–H and O–H groups in total. The molecule has 0 radical (unpaired) electrons. The topological polar surface area (TPSA) is 97.3 Å². The third-order valence-electron chi connectivity index (χ3n) is 4.45. The molecule has 0 bridgehead atoms. The molecule has 0 atom stereocenters. The van der Waals surface area contributed by atoms with Crippen LogP contribution in [0.4, 0.5) is 10.8 Å². The third kappa shape index (κ3) is 3.20. The van der Waals surface area contributed by atoms with Crippen molar-refractivity contribution in [2.24, 2.45) is 0 Å². The van der Waals surface area contributed by atoms with Crippen molar-refractivity contribution in [3.05, 3.63) is 36.4 Å². The van der Waals surface area contributed by atoms with E-state index in [4.69, 9.17) is 4.74 Å². The number of ether oxygens (including phenoxy) is 1. The highest BCUT2D eigenvalue weighted by atomic mass is 32.2. The lowest BCUT2D eigenvalue weighted by atomic mass is 10.3. The Morgan fingerprint density at radius 3 is 2.79 bits per heavy atom. The van der Waals surface area contributed by atoms with Crippen molar-refractivity contribution >= 4 is 65.2 Å². The van der Waals surface area contributed by atoms with E-state index < -0.39 is 10.0 Å². The van der Waals surface area contributed by atoms with E-state index >= 15 is 0 Å². The lowest BCUT2D eigenvalue weighted by Crippen LogP contribution is -2.36. The molecule has 1 aliphatic heterocycles. The van der Waals surface area contributed by atoms with Crippen LogP contribution in [0.3, 0.4) is 0 Å². The zero-order chi connectivity index (χ0) is 19.1. The summed E-state index contributed by atoms with van der Waals surface area (Å²) < 4.78 is 43.0. The Labute approximate surface area is 169 Å². The maximum atomic E-state index is 12.9. The fraction of sp³-hybridized carbons (Fsp3) is 0.235. The van der Waals surface area contributed by atoms with Crippen LogP contribution in [0.5, 0.6) is 0 Å². The van der Waals surface area contributed by atoms with Crippen molar-refractivity contribution in [1.29, 1.82) is 0 Å². The van der Waals surface area contributed by atoms with Crippen molar-refractivity contribution in [3.8, 4) is 0 Å². The summed E-state index contributed by atoms with van der Waals surface area (Å²) in [5.74, 6) is 0. The van der Waals surface area contributed by atoms with Gasteiger partial charge in [-0.05, 0) is 30.3 Å². The van der Waals surface area contributed by atoms with Gasteiger partial charge in [0, 0.05) is 13.1 Å². The maximum Gasteiger partial charge on any atom is 0.264 e. The molecule has 11 heteroatoms. The van der Waals surface area contributed by atoms with Crippen LogP contribution in [0.25, 0.3) is 21.3 Å². The minimum absolute atomic E-state index is 0.122. The Kier molecular flexibility index (Phi) is 4.38. The van der Waals surface area contributed by atoms with E-state index in [2.05, 4.69) is 23.4 Å². The van der Waals surface area contributed by atoms with E-state index in [0.717, 1.165) is 40.2 Å². The van der Waals surface area contributed by atoms with Gasteiger partial charge in [0.2, 0.25) is 0 Å². The van der Waals surface area contributed by atoms with Crippen LogP contribution in [0, 0.1) is 0 Å². The minimum atomic E-state index is -3.78. The van der Waals surface area contributed by atoms with Crippen LogP contribution < -0.4 is 9.62 Å². The second-order valence-electron chi connectivity index (χ2n) is 6.27. The molecule has 0 amide bonds. The van der Waals surface area contributed by atoms with E-state index in [0.29, 0.717) is 29.9 Å². The normalized spacial score (nSPS) is 15.4. The molecule has 28 heavy (non-hydrogen) atoms. The third-order valence-corrected chi connectivity index (χ3v) is 7.48. The molecule has 4 aromatic rings. The van der Waals surface area contributed by atoms with Crippen LogP contribution >= 0.6 is 23.1 Å². The van der Waals surface area contributed by atoms with Gasteiger partial charge in [-0.2, -0.15) is 8.75 Å². The van der Waals surface area contributed by atoms with Crippen LogP contribution in [-0.2, 0) is 14.8 Å². The number of anilines is 2. The fourth-order valence-corrected chi connectivity index (χ4v) is 5.95. The second kappa shape index (κ2) is 6.92. The Bertz CT molecular complexity index is 1260. The maximum absolute atomic E-state index is 12.9. The van der Waals surface area contributed by atoms with E-state index in [1.165, 1.54) is 6.07 Å². The minimum Gasteiger partial charge on any atom is -0.378 e. The number of sulfonamides is 1. The number of morpholine rings is 1. The lowest BCUT2D eigenvalue weighted by molar-refractivity contribution is 0.122. The molecule has 0 aliphatic carbocycles. The van der Waals surface area contributed by atoms with Gasteiger partial charge in [0.25, 0.3) is 10.0 Å². The molecule has 0 unspecified atom stereocenters. The van der Waals surface area contributed by atoms with Crippen LogP contribution in [0.1, 0.15) is 0 Å². The number of nitrogens with one attached hydrogen (secondary N) is 1. The van der Waals surface area contributed by atoms with Crippen LogP contribution in [-0.4, -0.2) is 48.5 Å². The molecule has 2 aromatic carbocycles. The Hall–Kier alpha value is -2.34. The molecule has 5 rings (SSSR count). The smallest absolute Gasteiger partial charge is 0.264 e. The molecule has 144 valence electrons. The Balaban J connectivity index is 1.46. The monoisotopic (exact) mass is 433 g/mol. The molecule has 1 fully saturated rings. The van der Waals surface area contributed by atoms with Crippen LogP contribution in [0.15, 0.2) is 41.3 Å². The fourth-order valence-electron chi connectivity index (χ4n) is 3.07. The molecule has 0 spiro atoms. The van der Waals surface area contributed by atoms with Gasteiger partial charge in [-0.15, -0.1) is 0 Å². The second-order valence-corrected chi connectivity index (χ2v) is 9.46. The highest BCUT2D eigenvalue weighted by Gasteiger charge is 2.21. The molecular weight excluding hydrogens is 418 g/mol. The largest absolute Gasteiger partial charge is 0.378 e. The number of nitrogens with zero attached hydrogens (tertiary/aromatic N) is 4. The predicted molar refractivity (Wildman–Crippen MR) is 111 cm³/mol. The first-order valence-corrected chi connectivity index (χ1v) is 11.6. The number of rotatable bonds is 4. The van der Waals surface area contributed by atoms with Gasteiger partial charge >= 0.3 is 0 Å². The highest BCUT2D eigenvalue weighted by molar-refractivity contribution is 7.93. The van der Waals surface area contributed by atoms with Gasteiger partial charge in [0.15, 0.2) is 5.13 Å². The molecule has 0 saturated carbocycles. The number of benzene rings is 2. The highest BCUT2D eigenvalue weighted by Crippen LogP contribution is 2.32. The van der Waals surface area contributed by atoms with Gasteiger partial charge in [-0.25, -0.2) is 13.4 Å². The Morgan fingerprint density at radius 2 is 1.93 bits per heavy atom. The zero-order valence-corrected chi connectivity index (χ0v) is 17.0. The van der Waals surface area contributed by atoms with E-state index in [1.54, 1.807) is 29.5 Å². The standard InChI is InChI=1S/C17H15N5O3S3/c23-28(24,15-3-1-2-13-16(15)20-27-19-13)21-11-4-5-12-14(10-11)26-17(18-12)22-6-8-25-9-7-22/h1-5,10,21H,6-9H2. The van der Waals surface area contributed by atoms with Crippen LogP contribution in [0.2, 0.25) is 0 Å². The summed E-state index contributed by atoms with van der Waals surface area (Å²) in [6.07, 6.45) is 0. The lowest BCUT2D eigenvalue weighted by Gasteiger charge is -2.25. The summed E-state index contributed by atoms with van der Waals surface area (Å²) in [4.78, 5) is 6.97. The summed E-state index contributed by atoms with van der Waals surface area (Å²) >= 11 is 2.54. The molecule has 1 aliphatic rings. The predicted octanol–water partition coefficient (Wildman–Crippen LogP) is 2.94. The molecule has 3 heterocycles. The van der Waals surface area contributed by atoms with Gasteiger partial charge in [0.05, 0.1) is 40.8 Å². The molecule has 2 aromatic heterocycles. The molecule has 8 nitrogen and oxygen atoms in total. The zero-order valence-electron chi connectivity index (χ0n) is 14.5. The van der Waals surface area contributed by atoms with Gasteiger partial charge in [-0.3, -0.25) is 4.72 Å². The SMILES string of the molecule is O=S(=O)(Nc1ccc2nc(N3CCOCC3)sc2c1)c1cccc2nsnc12. The van der Waals surface area contributed by atoms with E-state index in [-0.39, 0.29) is 4.90 Å².